The van der Waals surface area contributed by atoms with Crippen molar-refractivity contribution in [3.8, 4) is 0 Å². The molecule has 1 aliphatic rings. The molecular formula is C12H18N2O. The zero-order valence-electron chi connectivity index (χ0n) is 9.63. The fraction of sp³-hybridized carbons (Fsp3) is 0.583. The third kappa shape index (κ3) is 1.72. The van der Waals surface area contributed by atoms with Gasteiger partial charge in [-0.05, 0) is 39.3 Å². The molecule has 0 saturated carbocycles. The van der Waals surface area contributed by atoms with Crippen molar-refractivity contribution in [1.82, 2.24) is 9.88 Å². The lowest BCUT2D eigenvalue weighted by molar-refractivity contribution is 0.0951. The summed E-state index contributed by atoms with van der Waals surface area (Å²) in [7, 11) is 2.00. The molecule has 3 heteroatoms. The van der Waals surface area contributed by atoms with Gasteiger partial charge in [-0.15, -0.1) is 0 Å². The van der Waals surface area contributed by atoms with Crippen LogP contribution in [-0.4, -0.2) is 22.9 Å². The largest absolute Gasteiger partial charge is 0.351 e. The van der Waals surface area contributed by atoms with Gasteiger partial charge in [0.1, 0.15) is 0 Å². The van der Waals surface area contributed by atoms with Gasteiger partial charge in [0.05, 0.1) is 6.04 Å². The normalized spacial score (nSPS) is 20.9. The van der Waals surface area contributed by atoms with Crippen molar-refractivity contribution in [2.24, 2.45) is 7.05 Å². The molecule has 1 atom stereocenters. The number of nitrogens with one attached hydrogen (secondary N) is 1. The summed E-state index contributed by atoms with van der Waals surface area (Å²) in [6.45, 7) is 5.02. The van der Waals surface area contributed by atoms with E-state index >= 15 is 0 Å². The third-order valence-corrected chi connectivity index (χ3v) is 3.42. The lowest BCUT2D eigenvalue weighted by atomic mass is 10.0. The second-order valence-corrected chi connectivity index (χ2v) is 4.36. The predicted octanol–water partition coefficient (Wildman–Crippen LogP) is 1.58. The molecular weight excluding hydrogens is 188 g/mol. The summed E-state index contributed by atoms with van der Waals surface area (Å²) >= 11 is 0. The van der Waals surface area contributed by atoms with E-state index in [9.17, 15) is 4.79 Å². The first kappa shape index (κ1) is 10.4. The van der Waals surface area contributed by atoms with E-state index in [2.05, 4.69) is 9.88 Å². The van der Waals surface area contributed by atoms with Crippen LogP contribution in [-0.2, 0) is 7.05 Å². The van der Waals surface area contributed by atoms with Crippen molar-refractivity contribution in [3.63, 3.8) is 0 Å². The molecule has 0 spiro atoms. The van der Waals surface area contributed by atoms with E-state index in [1.165, 1.54) is 0 Å². The first-order chi connectivity index (χ1) is 7.11. The van der Waals surface area contributed by atoms with E-state index in [0.717, 1.165) is 36.3 Å². The number of hydrogen-bond acceptors (Lipinski definition) is 2. The van der Waals surface area contributed by atoms with E-state index in [1.807, 2.05) is 27.0 Å². The first-order valence-corrected chi connectivity index (χ1v) is 5.52. The number of aryl methyl sites for hydroxylation is 1. The average Bonchev–Trinajstić information content (AvgIpc) is 2.82. The number of ketones is 1. The molecule has 82 valence electrons. The van der Waals surface area contributed by atoms with Crippen LogP contribution >= 0.6 is 0 Å². The Morgan fingerprint density at radius 3 is 2.73 bits per heavy atom. The molecule has 0 aromatic carbocycles. The Labute approximate surface area is 90.5 Å². The Kier molecular flexibility index (Phi) is 2.65. The van der Waals surface area contributed by atoms with Crippen LogP contribution < -0.4 is 5.32 Å². The zero-order valence-corrected chi connectivity index (χ0v) is 9.63. The number of carbonyl (C=O) groups excluding carboxylic acids is 1. The lowest BCUT2D eigenvalue weighted by Gasteiger charge is -2.08. The molecule has 1 N–H and O–H groups in total. The highest BCUT2D eigenvalue weighted by molar-refractivity contribution is 6.01. The monoisotopic (exact) mass is 206 g/mol. The van der Waals surface area contributed by atoms with Crippen molar-refractivity contribution in [2.75, 3.05) is 6.54 Å². The second-order valence-electron chi connectivity index (χ2n) is 4.36. The molecule has 1 aromatic rings. The molecule has 0 aliphatic carbocycles. The first-order valence-electron chi connectivity index (χ1n) is 5.52. The van der Waals surface area contributed by atoms with Gasteiger partial charge in [0.2, 0.25) is 0 Å². The predicted molar refractivity (Wildman–Crippen MR) is 60.2 cm³/mol. The average molecular weight is 206 g/mol. The Bertz CT molecular complexity index is 387. The molecule has 0 amide bonds. The molecule has 15 heavy (non-hydrogen) atoms. The minimum absolute atomic E-state index is 0.0468. The van der Waals surface area contributed by atoms with Gasteiger partial charge in [-0.25, -0.2) is 0 Å². The topological polar surface area (TPSA) is 34.0 Å². The van der Waals surface area contributed by atoms with Crippen LogP contribution in [0.25, 0.3) is 0 Å². The van der Waals surface area contributed by atoms with Crippen LogP contribution in [0.2, 0.25) is 0 Å². The molecule has 1 fully saturated rings. The van der Waals surface area contributed by atoms with Crippen LogP contribution in [0.3, 0.4) is 0 Å². The number of nitrogens with zero attached hydrogens (tertiary/aromatic N) is 1. The Hall–Kier alpha value is -1.09. The number of aromatic nitrogens is 1. The minimum Gasteiger partial charge on any atom is -0.351 e. The summed E-state index contributed by atoms with van der Waals surface area (Å²) in [5.74, 6) is 0.258. The van der Waals surface area contributed by atoms with Crippen molar-refractivity contribution in [1.29, 1.82) is 0 Å². The fourth-order valence-corrected chi connectivity index (χ4v) is 2.20. The standard InChI is InChI=1S/C12H18N2O/c1-8-7-10(9(2)14(8)3)12(15)11-5-4-6-13-11/h7,11,13H,4-6H2,1-3H3. The van der Waals surface area contributed by atoms with Crippen LogP contribution in [0.15, 0.2) is 6.07 Å². The van der Waals surface area contributed by atoms with Gasteiger partial charge in [-0.3, -0.25) is 4.79 Å². The fourth-order valence-electron chi connectivity index (χ4n) is 2.20. The van der Waals surface area contributed by atoms with Gasteiger partial charge in [0.25, 0.3) is 0 Å². The minimum atomic E-state index is 0.0468. The van der Waals surface area contributed by atoms with Crippen molar-refractivity contribution >= 4 is 5.78 Å². The number of rotatable bonds is 2. The maximum absolute atomic E-state index is 12.2. The molecule has 1 unspecified atom stereocenters. The molecule has 2 heterocycles. The molecule has 1 aromatic heterocycles. The maximum Gasteiger partial charge on any atom is 0.181 e. The number of hydrogen-bond donors (Lipinski definition) is 1. The van der Waals surface area contributed by atoms with Crippen LogP contribution in [0.5, 0.6) is 0 Å². The lowest BCUT2D eigenvalue weighted by Crippen LogP contribution is -2.30. The number of Topliss-reactive ketones (excluding diaryl/α,β-unsaturated/α-hetero) is 1. The van der Waals surface area contributed by atoms with Gasteiger partial charge in [-0.2, -0.15) is 0 Å². The van der Waals surface area contributed by atoms with Crippen LogP contribution in [0, 0.1) is 13.8 Å². The quantitative estimate of drug-likeness (QED) is 0.745. The van der Waals surface area contributed by atoms with Gasteiger partial charge >= 0.3 is 0 Å². The Morgan fingerprint density at radius 2 is 2.27 bits per heavy atom. The van der Waals surface area contributed by atoms with Crippen LogP contribution in [0.4, 0.5) is 0 Å². The second kappa shape index (κ2) is 3.81. The number of carbonyl (C=O) groups is 1. The van der Waals surface area contributed by atoms with Gasteiger partial charge in [0, 0.05) is 24.0 Å². The SMILES string of the molecule is Cc1cc(C(=O)C2CCCN2)c(C)n1C. The van der Waals surface area contributed by atoms with E-state index in [0.29, 0.717) is 0 Å². The van der Waals surface area contributed by atoms with Gasteiger partial charge in [0.15, 0.2) is 5.78 Å². The highest BCUT2D eigenvalue weighted by atomic mass is 16.1. The van der Waals surface area contributed by atoms with Crippen LogP contribution in [0.1, 0.15) is 34.6 Å². The third-order valence-electron chi connectivity index (χ3n) is 3.42. The molecule has 1 aliphatic heterocycles. The molecule has 2 rings (SSSR count). The Balaban J connectivity index is 2.28. The van der Waals surface area contributed by atoms with Gasteiger partial charge < -0.3 is 9.88 Å². The van der Waals surface area contributed by atoms with Crippen molar-refractivity contribution in [2.45, 2.75) is 32.7 Å². The van der Waals surface area contributed by atoms with Gasteiger partial charge in [-0.1, -0.05) is 0 Å². The highest BCUT2D eigenvalue weighted by Crippen LogP contribution is 2.18. The van der Waals surface area contributed by atoms with Crippen molar-refractivity contribution in [3.05, 3.63) is 23.0 Å². The molecule has 0 radical (unpaired) electrons. The Morgan fingerprint density at radius 1 is 1.53 bits per heavy atom. The molecule has 0 bridgehead atoms. The summed E-state index contributed by atoms with van der Waals surface area (Å²) in [5, 5.41) is 3.25. The maximum atomic E-state index is 12.2. The molecule has 1 saturated heterocycles. The summed E-state index contributed by atoms with van der Waals surface area (Å²) in [4.78, 5) is 12.2. The van der Waals surface area contributed by atoms with E-state index in [-0.39, 0.29) is 11.8 Å². The summed E-state index contributed by atoms with van der Waals surface area (Å²) in [5.41, 5.74) is 3.11. The summed E-state index contributed by atoms with van der Waals surface area (Å²) in [6.07, 6.45) is 2.09. The zero-order chi connectivity index (χ0) is 11.0. The van der Waals surface area contributed by atoms with E-state index in [4.69, 9.17) is 0 Å². The van der Waals surface area contributed by atoms with E-state index < -0.39 is 0 Å². The highest BCUT2D eigenvalue weighted by Gasteiger charge is 2.25. The van der Waals surface area contributed by atoms with Crippen molar-refractivity contribution < 1.29 is 4.79 Å². The summed E-state index contributed by atoms with van der Waals surface area (Å²) < 4.78 is 2.07. The summed E-state index contributed by atoms with van der Waals surface area (Å²) in [6, 6.07) is 2.04. The smallest absolute Gasteiger partial charge is 0.181 e. The molecule has 3 nitrogen and oxygen atoms in total. The van der Waals surface area contributed by atoms with E-state index in [1.54, 1.807) is 0 Å².